The van der Waals surface area contributed by atoms with Gasteiger partial charge in [-0.15, -0.1) is 0 Å². The molecule has 1 fully saturated rings. The lowest BCUT2D eigenvalue weighted by molar-refractivity contribution is -0.122. The molecule has 1 rings (SSSR count). The number of hydrogen-bond donors (Lipinski definition) is 2. The molecule has 0 radical (unpaired) electrons. The largest absolute Gasteiger partial charge is 0.353 e. The van der Waals surface area contributed by atoms with E-state index in [1.165, 1.54) is 25.7 Å². The lowest BCUT2D eigenvalue weighted by Gasteiger charge is -2.29. The summed E-state index contributed by atoms with van der Waals surface area (Å²) in [5.41, 5.74) is 5.55. The molecule has 17 heavy (non-hydrogen) atoms. The summed E-state index contributed by atoms with van der Waals surface area (Å²) in [6, 6.07) is 0.425. The highest BCUT2D eigenvalue weighted by molar-refractivity contribution is 5.76. The quantitative estimate of drug-likeness (QED) is 0.749. The Hall–Kier alpha value is -0.570. The van der Waals surface area contributed by atoms with Crippen LogP contribution in [0.2, 0.25) is 0 Å². The third kappa shape index (κ3) is 5.53. The zero-order valence-electron chi connectivity index (χ0n) is 11.4. The Morgan fingerprint density at radius 2 is 2.24 bits per heavy atom. The van der Waals surface area contributed by atoms with Crippen molar-refractivity contribution in [3.05, 3.63) is 0 Å². The van der Waals surface area contributed by atoms with Gasteiger partial charge in [0.25, 0.3) is 0 Å². The van der Waals surface area contributed by atoms with Gasteiger partial charge in [-0.05, 0) is 37.6 Å². The van der Waals surface area contributed by atoms with Crippen LogP contribution in [0.15, 0.2) is 0 Å². The summed E-state index contributed by atoms with van der Waals surface area (Å²) < 4.78 is 0. The van der Waals surface area contributed by atoms with E-state index >= 15 is 0 Å². The molecule has 3 heteroatoms. The third-order valence-corrected chi connectivity index (χ3v) is 3.99. The SMILES string of the molecule is CCC1CCCC(NC(=O)CCC(C)CN)C1. The second kappa shape index (κ2) is 7.70. The number of hydrogen-bond acceptors (Lipinski definition) is 2. The molecule has 0 heterocycles. The van der Waals surface area contributed by atoms with Crippen LogP contribution in [0.25, 0.3) is 0 Å². The Balaban J connectivity index is 2.21. The van der Waals surface area contributed by atoms with Gasteiger partial charge in [-0.25, -0.2) is 0 Å². The summed E-state index contributed by atoms with van der Waals surface area (Å²) in [5.74, 6) is 1.49. The number of amides is 1. The number of carbonyl (C=O) groups is 1. The van der Waals surface area contributed by atoms with Crippen LogP contribution in [0.4, 0.5) is 0 Å². The third-order valence-electron chi connectivity index (χ3n) is 3.99. The maximum atomic E-state index is 11.8. The van der Waals surface area contributed by atoms with E-state index < -0.39 is 0 Å². The Labute approximate surface area is 106 Å². The first kappa shape index (κ1) is 14.5. The summed E-state index contributed by atoms with van der Waals surface area (Å²) in [5, 5.41) is 3.18. The highest BCUT2D eigenvalue weighted by Crippen LogP contribution is 2.26. The minimum absolute atomic E-state index is 0.215. The highest BCUT2D eigenvalue weighted by Gasteiger charge is 2.21. The van der Waals surface area contributed by atoms with Crippen molar-refractivity contribution in [2.75, 3.05) is 6.54 Å². The van der Waals surface area contributed by atoms with Crippen molar-refractivity contribution in [3.63, 3.8) is 0 Å². The molecular weight excluding hydrogens is 212 g/mol. The number of rotatable bonds is 6. The molecular formula is C14H28N2O. The van der Waals surface area contributed by atoms with E-state index in [2.05, 4.69) is 19.2 Å². The lowest BCUT2D eigenvalue weighted by atomic mass is 9.84. The first-order valence-corrected chi connectivity index (χ1v) is 7.15. The Morgan fingerprint density at radius 3 is 2.88 bits per heavy atom. The topological polar surface area (TPSA) is 55.1 Å². The van der Waals surface area contributed by atoms with Crippen LogP contribution < -0.4 is 11.1 Å². The van der Waals surface area contributed by atoms with Crippen molar-refractivity contribution in [2.45, 2.75) is 64.8 Å². The van der Waals surface area contributed by atoms with E-state index in [4.69, 9.17) is 5.73 Å². The minimum Gasteiger partial charge on any atom is -0.353 e. The van der Waals surface area contributed by atoms with Gasteiger partial charge >= 0.3 is 0 Å². The van der Waals surface area contributed by atoms with E-state index in [1.807, 2.05) is 0 Å². The summed E-state index contributed by atoms with van der Waals surface area (Å²) in [6.07, 6.45) is 7.73. The second-order valence-electron chi connectivity index (χ2n) is 5.58. The molecule has 1 aliphatic carbocycles. The first-order chi connectivity index (χ1) is 8.15. The van der Waals surface area contributed by atoms with E-state index in [-0.39, 0.29) is 5.91 Å². The first-order valence-electron chi connectivity index (χ1n) is 7.15. The summed E-state index contributed by atoms with van der Waals surface area (Å²) in [7, 11) is 0. The molecule has 0 spiro atoms. The molecule has 1 aliphatic rings. The molecule has 3 N–H and O–H groups in total. The zero-order valence-corrected chi connectivity index (χ0v) is 11.4. The van der Waals surface area contributed by atoms with Crippen molar-refractivity contribution in [1.29, 1.82) is 0 Å². The van der Waals surface area contributed by atoms with Crippen LogP contribution in [0.1, 0.15) is 58.8 Å². The van der Waals surface area contributed by atoms with E-state index in [1.54, 1.807) is 0 Å². The van der Waals surface area contributed by atoms with Crippen molar-refractivity contribution in [3.8, 4) is 0 Å². The number of carbonyl (C=O) groups excluding carboxylic acids is 1. The fourth-order valence-corrected chi connectivity index (χ4v) is 2.59. The van der Waals surface area contributed by atoms with Gasteiger partial charge in [-0.1, -0.05) is 33.1 Å². The summed E-state index contributed by atoms with van der Waals surface area (Å²) in [6.45, 7) is 5.02. The van der Waals surface area contributed by atoms with Gasteiger partial charge in [0.2, 0.25) is 5.91 Å². The molecule has 0 saturated heterocycles. The predicted molar refractivity (Wildman–Crippen MR) is 71.6 cm³/mol. The van der Waals surface area contributed by atoms with E-state index in [0.29, 0.717) is 24.9 Å². The molecule has 0 aliphatic heterocycles. The van der Waals surface area contributed by atoms with Crippen LogP contribution in [0.5, 0.6) is 0 Å². The Kier molecular flexibility index (Phi) is 6.56. The second-order valence-corrected chi connectivity index (χ2v) is 5.58. The summed E-state index contributed by atoms with van der Waals surface area (Å²) in [4.78, 5) is 11.8. The fraction of sp³-hybridized carbons (Fsp3) is 0.929. The standard InChI is InChI=1S/C14H28N2O/c1-3-12-5-4-6-13(9-12)16-14(17)8-7-11(2)10-15/h11-13H,3-10,15H2,1-2H3,(H,16,17). The molecule has 3 nitrogen and oxygen atoms in total. The summed E-state index contributed by atoms with van der Waals surface area (Å²) >= 11 is 0. The Bertz CT molecular complexity index is 230. The van der Waals surface area contributed by atoms with Crippen molar-refractivity contribution < 1.29 is 4.79 Å². The van der Waals surface area contributed by atoms with Crippen LogP contribution in [-0.2, 0) is 4.79 Å². The molecule has 0 aromatic heterocycles. The molecule has 3 unspecified atom stereocenters. The molecule has 1 saturated carbocycles. The minimum atomic E-state index is 0.215. The van der Waals surface area contributed by atoms with Crippen LogP contribution >= 0.6 is 0 Å². The van der Waals surface area contributed by atoms with Crippen LogP contribution in [0, 0.1) is 11.8 Å². The molecule has 0 aromatic carbocycles. The molecule has 3 atom stereocenters. The van der Waals surface area contributed by atoms with Crippen LogP contribution in [-0.4, -0.2) is 18.5 Å². The van der Waals surface area contributed by atoms with Gasteiger partial charge in [0.1, 0.15) is 0 Å². The molecule has 100 valence electrons. The van der Waals surface area contributed by atoms with Crippen LogP contribution in [0.3, 0.4) is 0 Å². The van der Waals surface area contributed by atoms with Gasteiger partial charge in [0.15, 0.2) is 0 Å². The highest BCUT2D eigenvalue weighted by atomic mass is 16.1. The van der Waals surface area contributed by atoms with Gasteiger partial charge in [0, 0.05) is 12.5 Å². The van der Waals surface area contributed by atoms with Crippen molar-refractivity contribution in [2.24, 2.45) is 17.6 Å². The number of nitrogens with one attached hydrogen (secondary N) is 1. The normalized spacial score (nSPS) is 26.5. The van der Waals surface area contributed by atoms with Gasteiger partial charge < -0.3 is 11.1 Å². The van der Waals surface area contributed by atoms with Gasteiger partial charge in [-0.3, -0.25) is 4.79 Å². The zero-order chi connectivity index (χ0) is 12.7. The predicted octanol–water partition coefficient (Wildman–Crippen LogP) is 2.45. The smallest absolute Gasteiger partial charge is 0.220 e. The lowest BCUT2D eigenvalue weighted by Crippen LogP contribution is -2.38. The monoisotopic (exact) mass is 240 g/mol. The fourth-order valence-electron chi connectivity index (χ4n) is 2.59. The van der Waals surface area contributed by atoms with E-state index in [9.17, 15) is 4.79 Å². The maximum absolute atomic E-state index is 11.8. The van der Waals surface area contributed by atoms with E-state index in [0.717, 1.165) is 18.8 Å². The molecule has 1 amide bonds. The number of nitrogens with two attached hydrogens (primary N) is 1. The molecule has 0 aromatic rings. The average molecular weight is 240 g/mol. The molecule has 0 bridgehead atoms. The average Bonchev–Trinajstić information content (AvgIpc) is 2.36. The van der Waals surface area contributed by atoms with Gasteiger partial charge in [0.05, 0.1) is 0 Å². The maximum Gasteiger partial charge on any atom is 0.220 e. The van der Waals surface area contributed by atoms with Crippen molar-refractivity contribution >= 4 is 5.91 Å². The van der Waals surface area contributed by atoms with Crippen molar-refractivity contribution in [1.82, 2.24) is 5.32 Å². The Morgan fingerprint density at radius 1 is 1.47 bits per heavy atom. The van der Waals surface area contributed by atoms with Gasteiger partial charge in [-0.2, -0.15) is 0 Å².